The predicted molar refractivity (Wildman–Crippen MR) is 85.0 cm³/mol. The fraction of sp³-hybridized carbons (Fsp3) is 0.125. The zero-order chi connectivity index (χ0) is 15.8. The molecule has 3 aromatic rings. The van der Waals surface area contributed by atoms with Crippen LogP contribution in [0.15, 0.2) is 52.9 Å². The fourth-order valence-corrected chi connectivity index (χ4v) is 5.09. The summed E-state index contributed by atoms with van der Waals surface area (Å²) in [5.41, 5.74) is 1.85. The molecule has 0 radical (unpaired) electrons. The SMILES string of the molecule is COc1ccc(-c2nnc(N3Cc4ccccc4[Se]3=O)o2)cc1. The molecule has 116 valence electrons. The van der Waals surface area contributed by atoms with E-state index in [-0.39, 0.29) is 0 Å². The monoisotopic (exact) mass is 375 g/mol. The van der Waals surface area contributed by atoms with Crippen LogP contribution in [0.25, 0.3) is 11.5 Å². The van der Waals surface area contributed by atoms with Gasteiger partial charge in [-0.2, -0.15) is 0 Å². The van der Waals surface area contributed by atoms with Crippen LogP contribution in [-0.2, 0) is 10.4 Å². The summed E-state index contributed by atoms with van der Waals surface area (Å²) >= 11 is -2.37. The average molecular weight is 374 g/mol. The third-order valence-electron chi connectivity index (χ3n) is 3.64. The van der Waals surface area contributed by atoms with Gasteiger partial charge >= 0.3 is 137 Å². The second kappa shape index (κ2) is 5.61. The quantitative estimate of drug-likeness (QED) is 0.653. The molecule has 0 spiro atoms. The molecule has 4 rings (SSSR count). The number of hydrogen-bond acceptors (Lipinski definition) is 5. The molecule has 0 fully saturated rings. The van der Waals surface area contributed by atoms with Crippen molar-refractivity contribution < 1.29 is 13.0 Å². The Labute approximate surface area is 137 Å². The van der Waals surface area contributed by atoms with E-state index in [1.807, 2.05) is 48.5 Å². The van der Waals surface area contributed by atoms with Gasteiger partial charge in [0.1, 0.15) is 0 Å². The van der Waals surface area contributed by atoms with Gasteiger partial charge in [-0.15, -0.1) is 0 Å². The van der Waals surface area contributed by atoms with Crippen LogP contribution in [0.3, 0.4) is 0 Å². The first-order chi connectivity index (χ1) is 11.3. The molecule has 7 heteroatoms. The molecule has 1 unspecified atom stereocenters. The maximum atomic E-state index is 12.6. The van der Waals surface area contributed by atoms with Gasteiger partial charge in [0, 0.05) is 0 Å². The van der Waals surface area contributed by atoms with Crippen LogP contribution < -0.4 is 13.1 Å². The van der Waals surface area contributed by atoms with Crippen LogP contribution in [-0.4, -0.2) is 31.4 Å². The van der Waals surface area contributed by atoms with Crippen LogP contribution in [0.2, 0.25) is 0 Å². The zero-order valence-corrected chi connectivity index (χ0v) is 14.0. The van der Waals surface area contributed by atoms with Crippen molar-refractivity contribution in [3.8, 4) is 17.2 Å². The summed E-state index contributed by atoms with van der Waals surface area (Å²) < 4.78 is 26.1. The second-order valence-electron chi connectivity index (χ2n) is 5.01. The third-order valence-corrected chi connectivity index (χ3v) is 6.70. The minimum atomic E-state index is -2.37. The Bertz CT molecular complexity index is 876. The summed E-state index contributed by atoms with van der Waals surface area (Å²) in [6.45, 7) is 0.536. The Morgan fingerprint density at radius 1 is 1.13 bits per heavy atom. The topological polar surface area (TPSA) is 68.5 Å². The molecule has 2 heterocycles. The molecule has 1 aliphatic heterocycles. The van der Waals surface area contributed by atoms with Gasteiger partial charge in [0.25, 0.3) is 0 Å². The van der Waals surface area contributed by atoms with Crippen molar-refractivity contribution in [2.75, 3.05) is 11.0 Å². The molecule has 0 N–H and O–H groups in total. The van der Waals surface area contributed by atoms with Crippen molar-refractivity contribution in [2.24, 2.45) is 0 Å². The van der Waals surface area contributed by atoms with Gasteiger partial charge < -0.3 is 0 Å². The van der Waals surface area contributed by atoms with Crippen molar-refractivity contribution in [1.82, 2.24) is 10.2 Å². The first-order valence-electron chi connectivity index (χ1n) is 7.01. The van der Waals surface area contributed by atoms with Crippen LogP contribution in [0.4, 0.5) is 6.01 Å². The van der Waals surface area contributed by atoms with E-state index in [9.17, 15) is 3.83 Å². The number of rotatable bonds is 3. The Kier molecular flexibility index (Phi) is 3.44. The van der Waals surface area contributed by atoms with Gasteiger partial charge in [-0.05, 0) is 0 Å². The van der Waals surface area contributed by atoms with Crippen LogP contribution in [0.5, 0.6) is 5.75 Å². The number of benzene rings is 2. The normalized spacial score (nSPS) is 16.4. The molecule has 6 nitrogen and oxygen atoms in total. The van der Waals surface area contributed by atoms with Gasteiger partial charge in [-0.3, -0.25) is 0 Å². The zero-order valence-electron chi connectivity index (χ0n) is 12.3. The molecule has 1 aromatic heterocycles. The molecule has 0 amide bonds. The van der Waals surface area contributed by atoms with E-state index < -0.39 is 14.1 Å². The first-order valence-corrected chi connectivity index (χ1v) is 9.34. The molecular weight excluding hydrogens is 361 g/mol. The average Bonchev–Trinajstić information content (AvgIpc) is 3.20. The number of methoxy groups -OCH3 is 1. The number of aromatic nitrogens is 2. The Balaban J connectivity index is 1.63. The van der Waals surface area contributed by atoms with E-state index >= 15 is 0 Å². The number of nitrogens with zero attached hydrogens (tertiary/aromatic N) is 3. The van der Waals surface area contributed by atoms with E-state index in [2.05, 4.69) is 10.2 Å². The fourth-order valence-electron chi connectivity index (χ4n) is 2.44. The first kappa shape index (κ1) is 14.1. The van der Waals surface area contributed by atoms with Gasteiger partial charge in [0.05, 0.1) is 0 Å². The number of hydrogen-bond donors (Lipinski definition) is 0. The Hall–Kier alpha value is -2.50. The van der Waals surface area contributed by atoms with Gasteiger partial charge in [0.15, 0.2) is 0 Å². The van der Waals surface area contributed by atoms with E-state index in [1.165, 1.54) is 0 Å². The van der Waals surface area contributed by atoms with Crippen molar-refractivity contribution in [3.63, 3.8) is 0 Å². The predicted octanol–water partition coefficient (Wildman–Crippen LogP) is 1.89. The Morgan fingerprint density at radius 2 is 1.91 bits per heavy atom. The molecule has 0 bridgehead atoms. The number of fused-ring (bicyclic) bond motifs is 1. The van der Waals surface area contributed by atoms with Crippen LogP contribution in [0, 0.1) is 0 Å². The molecule has 1 atom stereocenters. The van der Waals surface area contributed by atoms with Crippen LogP contribution in [0.1, 0.15) is 5.56 Å². The molecule has 2 aromatic carbocycles. The van der Waals surface area contributed by atoms with Crippen molar-refractivity contribution in [2.45, 2.75) is 6.54 Å². The van der Waals surface area contributed by atoms with Crippen molar-refractivity contribution in [1.29, 1.82) is 0 Å². The van der Waals surface area contributed by atoms with Gasteiger partial charge in [0.2, 0.25) is 0 Å². The summed E-state index contributed by atoms with van der Waals surface area (Å²) in [6.07, 6.45) is 0. The molecular formula is C16H13N3O3Se. The van der Waals surface area contributed by atoms with Crippen molar-refractivity contribution in [3.05, 3.63) is 54.1 Å². The molecule has 0 saturated carbocycles. The van der Waals surface area contributed by atoms with E-state index in [0.717, 1.165) is 21.3 Å². The molecule has 0 aliphatic carbocycles. The summed E-state index contributed by atoms with van der Waals surface area (Å²) in [7, 11) is 1.61. The van der Waals surface area contributed by atoms with Crippen molar-refractivity contribution >= 4 is 24.5 Å². The molecule has 1 aliphatic rings. The summed E-state index contributed by atoms with van der Waals surface area (Å²) in [5, 5.41) is 8.13. The van der Waals surface area contributed by atoms with Crippen LogP contribution >= 0.6 is 0 Å². The number of ether oxygens (including phenoxy) is 1. The second-order valence-corrected chi connectivity index (χ2v) is 7.90. The van der Waals surface area contributed by atoms with Gasteiger partial charge in [-0.1, -0.05) is 0 Å². The molecule has 0 saturated heterocycles. The molecule has 23 heavy (non-hydrogen) atoms. The summed E-state index contributed by atoms with van der Waals surface area (Å²) in [5.74, 6) is 1.16. The summed E-state index contributed by atoms with van der Waals surface area (Å²) in [6, 6.07) is 15.4. The number of anilines is 1. The maximum absolute atomic E-state index is 12.6. The Morgan fingerprint density at radius 3 is 2.65 bits per heavy atom. The standard InChI is InChI=1S/C16H13N3O3Se/c1-21-13-8-6-11(7-9-13)15-17-18-16(22-15)19-10-12-4-2-3-5-14(12)23(19)20/h2-9H,10H2,1H3. The minimum absolute atomic E-state index is 0.298. The van der Waals surface area contributed by atoms with E-state index in [1.54, 1.807) is 11.0 Å². The van der Waals surface area contributed by atoms with E-state index in [0.29, 0.717) is 18.5 Å². The third kappa shape index (κ3) is 2.44. The van der Waals surface area contributed by atoms with E-state index in [4.69, 9.17) is 9.15 Å². The van der Waals surface area contributed by atoms with Gasteiger partial charge in [-0.25, -0.2) is 0 Å². The summed E-state index contributed by atoms with van der Waals surface area (Å²) in [4.78, 5) is 0.